The Morgan fingerprint density at radius 2 is 1.74 bits per heavy atom. The molecule has 5 heterocycles. The Morgan fingerprint density at radius 1 is 0.985 bits per heavy atom. The molecule has 1 amide bonds. The Morgan fingerprint density at radius 3 is 2.48 bits per heavy atom. The molecular weight excluding hydrogens is 868 g/mol. The van der Waals surface area contributed by atoms with Crippen molar-refractivity contribution in [2.45, 2.75) is 75.8 Å². The molecule has 1 aliphatic carbocycles. The van der Waals surface area contributed by atoms with Gasteiger partial charge in [0.2, 0.25) is 0 Å². The first-order chi connectivity index (χ1) is 31.0. The number of aromatic nitrogens is 2. The van der Waals surface area contributed by atoms with Crippen LogP contribution in [0.15, 0.2) is 89.6 Å². The van der Waals surface area contributed by atoms with E-state index in [0.29, 0.717) is 55.9 Å². The summed E-state index contributed by atoms with van der Waals surface area (Å²) in [5.41, 5.74) is 5.39. The van der Waals surface area contributed by atoms with E-state index in [2.05, 4.69) is 60.7 Å². The quantitative estimate of drug-likeness (QED) is 0.0699. The molecule has 0 spiro atoms. The lowest BCUT2D eigenvalue weighted by Crippen LogP contribution is -2.47. The highest BCUT2D eigenvalue weighted by Gasteiger charge is 2.36. The number of allylic oxidation sites excluding steroid dienone is 1. The van der Waals surface area contributed by atoms with Gasteiger partial charge in [-0.3, -0.25) is 19.8 Å². The lowest BCUT2D eigenvalue weighted by Gasteiger charge is -2.39. The van der Waals surface area contributed by atoms with Crippen LogP contribution in [0.4, 0.5) is 17.1 Å². The van der Waals surface area contributed by atoms with Crippen molar-refractivity contribution in [2.75, 3.05) is 62.6 Å². The molecule has 2 aromatic heterocycles. The summed E-state index contributed by atoms with van der Waals surface area (Å²) in [4.78, 5) is 39.8. The lowest BCUT2D eigenvalue weighted by atomic mass is 9.72. The van der Waals surface area contributed by atoms with E-state index >= 15 is 0 Å². The van der Waals surface area contributed by atoms with Gasteiger partial charge in [-0.1, -0.05) is 43.2 Å². The number of H-pyrrole nitrogens is 1. The molecule has 0 unspecified atom stereocenters. The highest BCUT2D eigenvalue weighted by atomic mass is 35.5. The van der Waals surface area contributed by atoms with E-state index < -0.39 is 26.5 Å². The average molecular weight is 924 g/mol. The van der Waals surface area contributed by atoms with Crippen LogP contribution < -0.4 is 19.7 Å². The predicted molar refractivity (Wildman–Crippen MR) is 252 cm³/mol. The topological polar surface area (TPSA) is 186 Å². The number of nitro benzene ring substituents is 1. The van der Waals surface area contributed by atoms with E-state index in [1.165, 1.54) is 29.0 Å². The number of fused-ring (bicyclic) bond motifs is 2. The molecular formula is C48H55ClN8O7S. The van der Waals surface area contributed by atoms with Crippen molar-refractivity contribution in [1.29, 1.82) is 0 Å². The number of piperidine rings is 1. The number of hydrogen-bond donors (Lipinski definition) is 4. The van der Waals surface area contributed by atoms with Crippen LogP contribution in [0.2, 0.25) is 5.02 Å². The van der Waals surface area contributed by atoms with Gasteiger partial charge in [0.1, 0.15) is 22.8 Å². The molecule has 1 atom stereocenters. The molecule has 2 fully saturated rings. The van der Waals surface area contributed by atoms with Crippen molar-refractivity contribution in [3.05, 3.63) is 117 Å². The number of anilines is 2. The summed E-state index contributed by atoms with van der Waals surface area (Å²) in [6, 6.07) is 19.1. The first-order valence-corrected chi connectivity index (χ1v) is 24.1. The summed E-state index contributed by atoms with van der Waals surface area (Å²) in [6.45, 7) is 12.4. The first kappa shape index (κ1) is 44.7. The van der Waals surface area contributed by atoms with Gasteiger partial charge in [-0.2, -0.15) is 0 Å². The highest BCUT2D eigenvalue weighted by molar-refractivity contribution is 7.90. The number of nitro groups is 1. The SMILES string of the molecule is CC1(C)CCC(CN2CCN(c3ccc(C(=O)NS(=O)(=O)c4cc5c(c([N+](=O)[O-])c4)N[C@H](CN4CCC(C)(O)CC4)C5)c(Oc4cnc5[nH]ccc5c4)c3)CC2)=C(c2ccc(Cl)cc2)C1. The number of hydrogen-bond acceptors (Lipinski definition) is 12. The van der Waals surface area contributed by atoms with E-state index in [0.717, 1.165) is 74.1 Å². The maximum absolute atomic E-state index is 14.1. The van der Waals surface area contributed by atoms with Crippen LogP contribution in [0.25, 0.3) is 16.6 Å². The summed E-state index contributed by atoms with van der Waals surface area (Å²) < 4.78 is 36.5. The van der Waals surface area contributed by atoms with Crippen molar-refractivity contribution in [2.24, 2.45) is 5.41 Å². The van der Waals surface area contributed by atoms with Gasteiger partial charge in [-0.15, -0.1) is 0 Å². The zero-order chi connectivity index (χ0) is 45.7. The number of benzene rings is 3. The van der Waals surface area contributed by atoms with E-state index in [-0.39, 0.29) is 39.0 Å². The number of pyridine rings is 1. The van der Waals surface area contributed by atoms with Crippen molar-refractivity contribution in [3.8, 4) is 11.5 Å². The van der Waals surface area contributed by atoms with Crippen LogP contribution in [-0.4, -0.2) is 108 Å². The fourth-order valence-corrected chi connectivity index (χ4v) is 10.8. The average Bonchev–Trinajstić information content (AvgIpc) is 3.91. The summed E-state index contributed by atoms with van der Waals surface area (Å²) in [7, 11) is -4.60. The van der Waals surface area contributed by atoms with Gasteiger partial charge in [0, 0.05) is 92.8 Å². The van der Waals surface area contributed by atoms with Crippen LogP contribution in [0.3, 0.4) is 0 Å². The molecule has 3 aliphatic heterocycles. The Labute approximate surface area is 384 Å². The molecule has 342 valence electrons. The van der Waals surface area contributed by atoms with Crippen molar-refractivity contribution in [1.82, 2.24) is 24.5 Å². The van der Waals surface area contributed by atoms with Gasteiger partial charge in [-0.05, 0) is 110 Å². The first-order valence-electron chi connectivity index (χ1n) is 22.3. The van der Waals surface area contributed by atoms with Gasteiger partial charge in [-0.25, -0.2) is 18.1 Å². The number of amides is 1. The monoisotopic (exact) mass is 922 g/mol. The normalized spacial score (nSPS) is 20.1. The number of rotatable bonds is 12. The molecule has 2 saturated heterocycles. The highest BCUT2D eigenvalue weighted by Crippen LogP contribution is 2.44. The molecule has 5 aromatic rings. The van der Waals surface area contributed by atoms with E-state index in [4.69, 9.17) is 16.3 Å². The van der Waals surface area contributed by atoms with Gasteiger partial charge in [0.05, 0.1) is 27.2 Å². The second kappa shape index (κ2) is 17.7. The van der Waals surface area contributed by atoms with Crippen molar-refractivity contribution >= 4 is 61.2 Å². The van der Waals surface area contributed by atoms with Gasteiger partial charge < -0.3 is 29.9 Å². The van der Waals surface area contributed by atoms with Gasteiger partial charge >= 0.3 is 0 Å². The standard InChI is InChI=1S/C48H55ClN8O7S/c1-47(2)12-10-33(41(27-47)31-4-6-35(49)7-5-31)29-55-18-20-56(21-19-55)37-8-9-40(43(25-37)64-38-23-32-11-15-50-45(32)51-28-38)46(58)53-65(62,63)39-24-34-22-36(52-44(34)42(26-39)57(60)61)30-54-16-13-48(3,59)14-17-54/h4-9,11,15,23-26,28,36,52,59H,10,12-14,16-22,27,29-30H2,1-3H3,(H,50,51)(H,53,58)/t36-/m0/s1. The number of halogens is 1. The maximum Gasteiger partial charge on any atom is 0.293 e. The molecule has 9 rings (SSSR count). The fourth-order valence-electron chi connectivity index (χ4n) is 9.66. The number of sulfonamides is 1. The minimum atomic E-state index is -4.60. The molecule has 4 N–H and O–H groups in total. The van der Waals surface area contributed by atoms with E-state index in [1.54, 1.807) is 30.5 Å². The smallest absolute Gasteiger partial charge is 0.293 e. The Balaban J connectivity index is 0.932. The Hall–Kier alpha value is -5.52. The number of aromatic amines is 1. The molecule has 15 nitrogen and oxygen atoms in total. The van der Waals surface area contributed by atoms with Gasteiger partial charge in [0.25, 0.3) is 21.6 Å². The van der Waals surface area contributed by atoms with Crippen LogP contribution in [0, 0.1) is 15.5 Å². The number of ether oxygens (including phenoxy) is 1. The number of aliphatic hydroxyl groups is 1. The van der Waals surface area contributed by atoms with Crippen molar-refractivity contribution < 1.29 is 28.0 Å². The number of carbonyl (C=O) groups excluding carboxylic acids is 1. The maximum atomic E-state index is 14.1. The zero-order valence-electron chi connectivity index (χ0n) is 36.9. The molecule has 0 radical (unpaired) electrons. The number of piperazine rings is 1. The van der Waals surface area contributed by atoms with Crippen LogP contribution >= 0.6 is 11.6 Å². The number of nitrogens with one attached hydrogen (secondary N) is 3. The summed E-state index contributed by atoms with van der Waals surface area (Å²) >= 11 is 6.25. The molecule has 4 aliphatic rings. The third-order valence-corrected chi connectivity index (χ3v) is 15.0. The third kappa shape index (κ3) is 10.0. The zero-order valence-corrected chi connectivity index (χ0v) is 38.5. The fraction of sp³-hybridized carbons (Fsp3) is 0.417. The lowest BCUT2D eigenvalue weighted by molar-refractivity contribution is -0.384. The minimum Gasteiger partial charge on any atom is -0.455 e. The van der Waals surface area contributed by atoms with Crippen LogP contribution in [-0.2, 0) is 16.4 Å². The van der Waals surface area contributed by atoms with Gasteiger partial charge in [0.15, 0.2) is 0 Å². The van der Waals surface area contributed by atoms with Crippen LogP contribution in [0.5, 0.6) is 11.5 Å². The number of carbonyl (C=O) groups is 1. The largest absolute Gasteiger partial charge is 0.455 e. The summed E-state index contributed by atoms with van der Waals surface area (Å²) in [5.74, 6) is -0.474. The number of likely N-dealkylation sites (tertiary alicyclic amines) is 1. The van der Waals surface area contributed by atoms with E-state index in [1.807, 2.05) is 25.1 Å². The molecule has 65 heavy (non-hydrogen) atoms. The summed E-state index contributed by atoms with van der Waals surface area (Å²) in [5, 5.41) is 27.5. The predicted octanol–water partition coefficient (Wildman–Crippen LogP) is 8.00. The molecule has 17 heteroatoms. The Kier molecular flexibility index (Phi) is 12.2. The number of nitrogens with zero attached hydrogens (tertiary/aromatic N) is 5. The molecule has 0 bridgehead atoms. The Bertz CT molecular complexity index is 2770. The van der Waals surface area contributed by atoms with Crippen molar-refractivity contribution in [3.63, 3.8) is 0 Å². The van der Waals surface area contributed by atoms with Crippen LogP contribution in [0.1, 0.15) is 74.4 Å². The molecule has 3 aromatic carbocycles. The summed E-state index contributed by atoms with van der Waals surface area (Å²) in [6.07, 6.45) is 8.06. The third-order valence-electron chi connectivity index (χ3n) is 13.5. The molecule has 0 saturated carbocycles. The minimum absolute atomic E-state index is 0.0371. The van der Waals surface area contributed by atoms with E-state index in [9.17, 15) is 28.4 Å². The second-order valence-electron chi connectivity index (χ2n) is 19.1. The second-order valence-corrected chi connectivity index (χ2v) is 21.2.